The van der Waals surface area contributed by atoms with Gasteiger partial charge in [0, 0.05) is 29.6 Å². The van der Waals surface area contributed by atoms with E-state index in [1.54, 1.807) is 0 Å². The van der Waals surface area contributed by atoms with Gasteiger partial charge in [-0.25, -0.2) is 4.79 Å². The van der Waals surface area contributed by atoms with Crippen LogP contribution in [0.1, 0.15) is 74.1 Å². The zero-order valence-electron chi connectivity index (χ0n) is 20.5. The third kappa shape index (κ3) is 4.28. The first-order chi connectivity index (χ1) is 14.2. The standard InChI is InChI=1S/C25H41N3O2.ClH/c1-8-11-17-26-21-24(4,5)25(6,7)22(26)28(23(29)27(21)18-12-9-2)19-13-15-20(16-14-19)30-10-3;/h13-16,21-22H,8-12,17-18H2,1-7H3;1H. The molecule has 2 heterocycles. The van der Waals surface area contributed by atoms with Crippen LogP contribution in [0.15, 0.2) is 24.3 Å². The molecule has 1 aromatic carbocycles. The van der Waals surface area contributed by atoms with Crippen LogP contribution in [-0.2, 0) is 0 Å². The Morgan fingerprint density at radius 3 is 1.97 bits per heavy atom. The predicted octanol–water partition coefficient (Wildman–Crippen LogP) is 6.37. The van der Waals surface area contributed by atoms with E-state index in [0.29, 0.717) is 6.61 Å². The van der Waals surface area contributed by atoms with E-state index in [1.807, 2.05) is 31.2 Å². The maximum Gasteiger partial charge on any atom is 0.327 e. The summed E-state index contributed by atoms with van der Waals surface area (Å²) in [4.78, 5) is 20.7. The van der Waals surface area contributed by atoms with Crippen molar-refractivity contribution in [2.45, 2.75) is 86.5 Å². The molecule has 2 unspecified atom stereocenters. The fourth-order valence-electron chi connectivity index (χ4n) is 5.27. The predicted molar refractivity (Wildman–Crippen MR) is 131 cm³/mol. The highest BCUT2D eigenvalue weighted by atomic mass is 35.5. The lowest BCUT2D eigenvalue weighted by Crippen LogP contribution is -2.67. The fourth-order valence-corrected chi connectivity index (χ4v) is 5.27. The number of hydrogen-bond donors (Lipinski definition) is 0. The van der Waals surface area contributed by atoms with Gasteiger partial charge >= 0.3 is 6.03 Å². The summed E-state index contributed by atoms with van der Waals surface area (Å²) < 4.78 is 5.63. The van der Waals surface area contributed by atoms with Crippen LogP contribution in [0.2, 0.25) is 0 Å². The monoisotopic (exact) mass is 451 g/mol. The summed E-state index contributed by atoms with van der Waals surface area (Å²) in [5.41, 5.74) is 0.885. The number of carbonyl (C=O) groups is 1. The Hall–Kier alpha value is -1.46. The van der Waals surface area contributed by atoms with E-state index in [-0.39, 0.29) is 41.6 Å². The normalized spacial score (nSPS) is 24.3. The summed E-state index contributed by atoms with van der Waals surface area (Å²) in [6.07, 6.45) is 4.60. The average molecular weight is 452 g/mol. The summed E-state index contributed by atoms with van der Waals surface area (Å²) in [6, 6.07) is 8.20. The first-order valence-electron chi connectivity index (χ1n) is 11.8. The van der Waals surface area contributed by atoms with Gasteiger partial charge in [-0.15, -0.1) is 12.4 Å². The molecule has 2 saturated heterocycles. The molecule has 0 N–H and O–H groups in total. The summed E-state index contributed by atoms with van der Waals surface area (Å²) in [5, 5.41) is 0. The van der Waals surface area contributed by atoms with Crippen molar-refractivity contribution >= 4 is 24.1 Å². The molecule has 3 rings (SSSR count). The van der Waals surface area contributed by atoms with Gasteiger partial charge in [-0.3, -0.25) is 9.80 Å². The first kappa shape index (κ1) is 25.8. The minimum absolute atomic E-state index is 0. The second-order valence-electron chi connectivity index (χ2n) is 9.91. The van der Waals surface area contributed by atoms with Crippen molar-refractivity contribution in [3.05, 3.63) is 24.3 Å². The molecule has 1 aromatic rings. The zero-order chi connectivity index (χ0) is 22.1. The van der Waals surface area contributed by atoms with Gasteiger partial charge < -0.3 is 9.64 Å². The SMILES string of the molecule is CCCCN1C(=O)N(c2ccc(OCC)cc2)C2N(CCCC)C1C(C)(C)C2(C)C.Cl. The number of benzene rings is 1. The summed E-state index contributed by atoms with van der Waals surface area (Å²) in [6.45, 7) is 18.3. The first-order valence-corrected chi connectivity index (χ1v) is 11.8. The average Bonchev–Trinajstić information content (AvgIpc) is 2.83. The van der Waals surface area contributed by atoms with Crippen molar-refractivity contribution in [1.29, 1.82) is 0 Å². The molecule has 2 atom stereocenters. The highest BCUT2D eigenvalue weighted by Crippen LogP contribution is 2.58. The Labute approximate surface area is 195 Å². The summed E-state index contributed by atoms with van der Waals surface area (Å²) in [7, 11) is 0. The van der Waals surface area contributed by atoms with Crippen LogP contribution in [0.3, 0.4) is 0 Å². The van der Waals surface area contributed by atoms with E-state index in [0.717, 1.165) is 50.2 Å². The third-order valence-electron chi connectivity index (χ3n) is 7.52. The minimum Gasteiger partial charge on any atom is -0.494 e. The highest BCUT2D eigenvalue weighted by Gasteiger charge is 2.67. The van der Waals surface area contributed by atoms with E-state index in [1.165, 1.54) is 0 Å². The number of amides is 2. The van der Waals surface area contributed by atoms with Crippen LogP contribution in [0, 0.1) is 10.8 Å². The quantitative estimate of drug-likeness (QED) is 0.437. The number of hydrogen-bond acceptors (Lipinski definition) is 3. The van der Waals surface area contributed by atoms with E-state index in [4.69, 9.17) is 4.74 Å². The number of fused-ring (bicyclic) bond motifs is 2. The highest BCUT2D eigenvalue weighted by molar-refractivity contribution is 5.94. The van der Waals surface area contributed by atoms with Crippen LogP contribution in [0.4, 0.5) is 10.5 Å². The van der Waals surface area contributed by atoms with Crippen molar-refractivity contribution in [3.8, 4) is 5.75 Å². The number of nitrogens with zero attached hydrogens (tertiary/aromatic N) is 3. The second kappa shape index (κ2) is 9.99. The van der Waals surface area contributed by atoms with Crippen LogP contribution in [-0.4, -0.2) is 47.9 Å². The van der Waals surface area contributed by atoms with Gasteiger partial charge in [-0.2, -0.15) is 0 Å². The molecule has 2 amide bonds. The Morgan fingerprint density at radius 1 is 0.871 bits per heavy atom. The van der Waals surface area contributed by atoms with Gasteiger partial charge in [0.25, 0.3) is 0 Å². The molecule has 6 heteroatoms. The molecule has 0 spiro atoms. The maximum atomic E-state index is 13.9. The van der Waals surface area contributed by atoms with Crippen molar-refractivity contribution in [1.82, 2.24) is 9.80 Å². The molecule has 2 bridgehead atoms. The maximum absolute atomic E-state index is 13.9. The molecule has 2 aliphatic heterocycles. The van der Waals surface area contributed by atoms with Gasteiger partial charge in [0.05, 0.1) is 18.9 Å². The minimum atomic E-state index is -0.0549. The Kier molecular flexibility index (Phi) is 8.32. The van der Waals surface area contributed by atoms with Crippen LogP contribution >= 0.6 is 12.4 Å². The molecule has 0 radical (unpaired) electrons. The Balaban J connectivity index is 0.00000341. The molecule has 2 aliphatic rings. The largest absolute Gasteiger partial charge is 0.494 e. The molecule has 2 fully saturated rings. The topological polar surface area (TPSA) is 36.0 Å². The second-order valence-corrected chi connectivity index (χ2v) is 9.91. The van der Waals surface area contributed by atoms with Gasteiger partial charge in [0.2, 0.25) is 0 Å². The number of unbranched alkanes of at least 4 members (excludes halogenated alkanes) is 2. The fraction of sp³-hybridized carbons (Fsp3) is 0.720. The van der Waals surface area contributed by atoms with E-state index < -0.39 is 0 Å². The Bertz CT molecular complexity index is 735. The van der Waals surface area contributed by atoms with Crippen molar-refractivity contribution in [2.24, 2.45) is 10.8 Å². The molecule has 0 saturated carbocycles. The number of halogens is 1. The third-order valence-corrected chi connectivity index (χ3v) is 7.52. The van der Waals surface area contributed by atoms with Crippen LogP contribution in [0.5, 0.6) is 5.75 Å². The van der Waals surface area contributed by atoms with Gasteiger partial charge in [0.1, 0.15) is 5.75 Å². The zero-order valence-corrected chi connectivity index (χ0v) is 21.3. The molecule has 0 aromatic heterocycles. The molecular formula is C25H42ClN3O2. The molecule has 176 valence electrons. The number of urea groups is 1. The lowest BCUT2D eigenvalue weighted by molar-refractivity contribution is 0.00886. The Morgan fingerprint density at radius 2 is 1.42 bits per heavy atom. The molecule has 5 nitrogen and oxygen atoms in total. The number of anilines is 1. The van der Waals surface area contributed by atoms with Crippen LogP contribution < -0.4 is 9.64 Å². The smallest absolute Gasteiger partial charge is 0.327 e. The lowest BCUT2D eigenvalue weighted by atomic mass is 9.67. The number of ether oxygens (including phenoxy) is 1. The lowest BCUT2D eigenvalue weighted by Gasteiger charge is -2.50. The molecule has 31 heavy (non-hydrogen) atoms. The molecular weight excluding hydrogens is 410 g/mol. The van der Waals surface area contributed by atoms with Crippen LogP contribution in [0.25, 0.3) is 0 Å². The van der Waals surface area contributed by atoms with Gasteiger partial charge in [-0.1, -0.05) is 54.4 Å². The van der Waals surface area contributed by atoms with Gasteiger partial charge in [0.15, 0.2) is 0 Å². The van der Waals surface area contributed by atoms with Crippen molar-refractivity contribution < 1.29 is 9.53 Å². The van der Waals surface area contributed by atoms with Gasteiger partial charge in [-0.05, 0) is 44.0 Å². The van der Waals surface area contributed by atoms with E-state index >= 15 is 0 Å². The summed E-state index contributed by atoms with van der Waals surface area (Å²) in [5.74, 6) is 0.847. The van der Waals surface area contributed by atoms with Crippen molar-refractivity contribution in [2.75, 3.05) is 24.6 Å². The number of rotatable bonds is 9. The van der Waals surface area contributed by atoms with E-state index in [2.05, 4.69) is 56.2 Å². The molecule has 0 aliphatic carbocycles. The number of carbonyl (C=O) groups excluding carboxylic acids is 1. The summed E-state index contributed by atoms with van der Waals surface area (Å²) >= 11 is 0. The van der Waals surface area contributed by atoms with Crippen molar-refractivity contribution in [3.63, 3.8) is 0 Å². The van der Waals surface area contributed by atoms with E-state index in [9.17, 15) is 4.79 Å².